The van der Waals surface area contributed by atoms with Crippen molar-refractivity contribution in [1.29, 1.82) is 0 Å². The standard InChI is InChI=1S/C13H22N2O.C9H12FN/c1-3-13(4-2)12(16)14-11(15-13)10-8-6-5-7-9-10;1-2-7-3-4-9(11)5-8(7)6-10/h10H,3-9H2,1-2H3,(H,14,15,16);3-5H,2,6,11H2,1H3. The van der Waals surface area contributed by atoms with Gasteiger partial charge < -0.3 is 11.1 Å². The van der Waals surface area contributed by atoms with Crippen LogP contribution in [0.5, 0.6) is 0 Å². The number of nitrogens with zero attached hydrogens (tertiary/aromatic N) is 1. The normalized spacial score (nSPS) is 19.1. The SMILES string of the molecule is CCC1(CC)N=C(C2CCCCC2)NC1=O.CCc1ccc(N)cc1CF. The lowest BCUT2D eigenvalue weighted by Crippen LogP contribution is -2.39. The van der Waals surface area contributed by atoms with Crippen LogP contribution in [0.2, 0.25) is 0 Å². The number of amides is 1. The van der Waals surface area contributed by atoms with Gasteiger partial charge in [0.05, 0.1) is 0 Å². The van der Waals surface area contributed by atoms with Crippen molar-refractivity contribution in [2.24, 2.45) is 10.9 Å². The number of alkyl halides is 1. The lowest BCUT2D eigenvalue weighted by Gasteiger charge is -2.21. The molecule has 2 aliphatic rings. The fourth-order valence-corrected chi connectivity index (χ4v) is 3.96. The van der Waals surface area contributed by atoms with Crippen molar-refractivity contribution in [3.63, 3.8) is 0 Å². The number of hydrogen-bond acceptors (Lipinski definition) is 3. The number of rotatable bonds is 5. The minimum absolute atomic E-state index is 0.123. The molecule has 1 aromatic rings. The van der Waals surface area contributed by atoms with E-state index in [0.29, 0.717) is 17.2 Å². The number of aryl methyl sites for hydroxylation is 1. The summed E-state index contributed by atoms with van der Waals surface area (Å²) in [6.45, 7) is 5.69. The number of carbonyl (C=O) groups excluding carboxylic acids is 1. The molecule has 150 valence electrons. The molecule has 0 atom stereocenters. The Bertz CT molecular complexity index is 662. The zero-order valence-electron chi connectivity index (χ0n) is 17.0. The molecular formula is C22H34FN3O. The molecular weight excluding hydrogens is 341 g/mol. The van der Waals surface area contributed by atoms with Crippen molar-refractivity contribution in [2.75, 3.05) is 5.73 Å². The second kappa shape index (κ2) is 9.86. The number of carbonyl (C=O) groups is 1. The molecule has 0 aromatic heterocycles. The summed E-state index contributed by atoms with van der Waals surface area (Å²) in [7, 11) is 0. The number of nitrogens with two attached hydrogens (primary N) is 1. The van der Waals surface area contributed by atoms with E-state index in [2.05, 4.69) is 19.2 Å². The highest BCUT2D eigenvalue weighted by molar-refractivity contribution is 6.09. The zero-order chi connectivity index (χ0) is 19.9. The van der Waals surface area contributed by atoms with E-state index < -0.39 is 12.2 Å². The van der Waals surface area contributed by atoms with Crippen molar-refractivity contribution in [1.82, 2.24) is 5.32 Å². The van der Waals surface area contributed by atoms with Gasteiger partial charge in [0.2, 0.25) is 0 Å². The van der Waals surface area contributed by atoms with Crippen molar-refractivity contribution >= 4 is 17.4 Å². The smallest absolute Gasteiger partial charge is 0.253 e. The second-order valence-electron chi connectivity index (χ2n) is 7.54. The highest BCUT2D eigenvalue weighted by Crippen LogP contribution is 2.31. The first kappa shape index (κ1) is 21.4. The molecule has 0 saturated heterocycles. The van der Waals surface area contributed by atoms with Gasteiger partial charge in [-0.1, -0.05) is 46.1 Å². The number of halogens is 1. The Kier molecular flexibility index (Phi) is 7.81. The third-order valence-corrected chi connectivity index (χ3v) is 5.92. The summed E-state index contributed by atoms with van der Waals surface area (Å²) < 4.78 is 12.3. The summed E-state index contributed by atoms with van der Waals surface area (Å²) in [5.74, 6) is 1.61. The van der Waals surface area contributed by atoms with E-state index in [1.165, 1.54) is 32.1 Å². The van der Waals surface area contributed by atoms with E-state index in [9.17, 15) is 9.18 Å². The molecule has 5 heteroatoms. The minimum Gasteiger partial charge on any atom is -0.399 e. The molecule has 27 heavy (non-hydrogen) atoms. The second-order valence-corrected chi connectivity index (χ2v) is 7.54. The molecule has 0 unspecified atom stereocenters. The third kappa shape index (κ3) is 5.08. The third-order valence-electron chi connectivity index (χ3n) is 5.92. The predicted octanol–water partition coefficient (Wildman–Crippen LogP) is 4.95. The summed E-state index contributed by atoms with van der Waals surface area (Å²) in [5.41, 5.74) is 7.43. The quantitative estimate of drug-likeness (QED) is 0.715. The Morgan fingerprint density at radius 1 is 1.15 bits per heavy atom. The summed E-state index contributed by atoms with van der Waals surface area (Å²) >= 11 is 0. The maximum Gasteiger partial charge on any atom is 0.253 e. The van der Waals surface area contributed by atoms with Gasteiger partial charge in [-0.2, -0.15) is 0 Å². The molecule has 0 bridgehead atoms. The number of nitrogens with one attached hydrogen (secondary N) is 1. The van der Waals surface area contributed by atoms with Gasteiger partial charge in [0, 0.05) is 11.6 Å². The van der Waals surface area contributed by atoms with Gasteiger partial charge in [0.25, 0.3) is 5.91 Å². The Hall–Kier alpha value is -1.91. The van der Waals surface area contributed by atoms with E-state index in [1.807, 2.05) is 13.0 Å². The van der Waals surface area contributed by atoms with Gasteiger partial charge in [-0.3, -0.25) is 9.79 Å². The van der Waals surface area contributed by atoms with Gasteiger partial charge in [-0.05, 0) is 55.4 Å². The number of hydrogen-bond donors (Lipinski definition) is 2. The molecule has 3 N–H and O–H groups in total. The fraction of sp³-hybridized carbons (Fsp3) is 0.636. The van der Waals surface area contributed by atoms with Crippen LogP contribution in [0.3, 0.4) is 0 Å². The van der Waals surface area contributed by atoms with Crippen LogP contribution in [0, 0.1) is 5.92 Å². The first-order valence-electron chi connectivity index (χ1n) is 10.3. The van der Waals surface area contributed by atoms with E-state index >= 15 is 0 Å². The number of nitrogen functional groups attached to an aromatic ring is 1. The fourth-order valence-electron chi connectivity index (χ4n) is 3.96. The van der Waals surface area contributed by atoms with Crippen molar-refractivity contribution in [3.05, 3.63) is 29.3 Å². The van der Waals surface area contributed by atoms with Crippen molar-refractivity contribution in [2.45, 2.75) is 84.4 Å². The van der Waals surface area contributed by atoms with Crippen molar-refractivity contribution < 1.29 is 9.18 Å². The molecule has 0 spiro atoms. The number of amidine groups is 1. The first-order valence-corrected chi connectivity index (χ1v) is 10.3. The van der Waals surface area contributed by atoms with Gasteiger partial charge in [0.15, 0.2) is 0 Å². The number of aliphatic imine (C=N–C) groups is 1. The molecule has 4 nitrogen and oxygen atoms in total. The van der Waals surface area contributed by atoms with E-state index in [-0.39, 0.29) is 5.91 Å². The highest BCUT2D eigenvalue weighted by atomic mass is 19.1. The van der Waals surface area contributed by atoms with Crippen molar-refractivity contribution in [3.8, 4) is 0 Å². The zero-order valence-corrected chi connectivity index (χ0v) is 17.0. The molecule has 0 radical (unpaired) electrons. The number of benzene rings is 1. The molecule has 1 saturated carbocycles. The lowest BCUT2D eigenvalue weighted by molar-refractivity contribution is -0.124. The Morgan fingerprint density at radius 3 is 2.33 bits per heavy atom. The Labute approximate surface area is 162 Å². The summed E-state index contributed by atoms with van der Waals surface area (Å²) in [4.78, 5) is 16.7. The number of anilines is 1. The minimum atomic E-state index is -0.452. The van der Waals surface area contributed by atoms with Crippen LogP contribution < -0.4 is 11.1 Å². The van der Waals surface area contributed by atoms with Crippen LogP contribution in [-0.4, -0.2) is 17.3 Å². The van der Waals surface area contributed by atoms with E-state index in [4.69, 9.17) is 10.7 Å². The predicted molar refractivity (Wildman–Crippen MR) is 111 cm³/mol. The van der Waals surface area contributed by atoms with E-state index in [0.717, 1.165) is 30.7 Å². The monoisotopic (exact) mass is 375 g/mol. The molecule has 1 aromatic carbocycles. The molecule has 1 fully saturated rings. The first-order chi connectivity index (χ1) is 13.0. The topological polar surface area (TPSA) is 67.5 Å². The van der Waals surface area contributed by atoms with Crippen LogP contribution >= 0.6 is 0 Å². The summed E-state index contributed by atoms with van der Waals surface area (Å²) in [6, 6.07) is 5.38. The van der Waals surface area contributed by atoms with Gasteiger partial charge in [-0.15, -0.1) is 0 Å². The summed E-state index contributed by atoms with van der Waals surface area (Å²) in [5, 5.41) is 3.03. The van der Waals surface area contributed by atoms with E-state index in [1.54, 1.807) is 12.1 Å². The van der Waals surface area contributed by atoms with Crippen LogP contribution in [0.4, 0.5) is 10.1 Å². The Morgan fingerprint density at radius 2 is 1.81 bits per heavy atom. The van der Waals surface area contributed by atoms with Crippen LogP contribution in [0.25, 0.3) is 0 Å². The van der Waals surface area contributed by atoms with Crippen LogP contribution in [-0.2, 0) is 17.9 Å². The van der Waals surface area contributed by atoms with Gasteiger partial charge in [0.1, 0.15) is 18.0 Å². The molecule has 1 amide bonds. The largest absolute Gasteiger partial charge is 0.399 e. The highest BCUT2D eigenvalue weighted by Gasteiger charge is 2.41. The molecule has 1 heterocycles. The molecule has 1 aliphatic heterocycles. The summed E-state index contributed by atoms with van der Waals surface area (Å²) in [6.07, 6.45) is 8.78. The van der Waals surface area contributed by atoms with Crippen LogP contribution in [0.15, 0.2) is 23.2 Å². The average molecular weight is 376 g/mol. The maximum atomic E-state index is 12.3. The molecule has 1 aliphatic carbocycles. The van der Waals surface area contributed by atoms with Crippen LogP contribution in [0.1, 0.15) is 76.8 Å². The average Bonchev–Trinajstić information content (AvgIpc) is 3.06. The lowest BCUT2D eigenvalue weighted by atomic mass is 9.88. The van der Waals surface area contributed by atoms with Gasteiger partial charge in [-0.25, -0.2) is 4.39 Å². The maximum absolute atomic E-state index is 12.3. The molecule has 3 rings (SSSR count). The van der Waals surface area contributed by atoms with Gasteiger partial charge >= 0.3 is 0 Å². The Balaban J connectivity index is 0.000000208.